The molecule has 2 aromatic rings. The maximum Gasteiger partial charge on any atom is 0.214 e. The molecule has 23 heavy (non-hydrogen) atoms. The van der Waals surface area contributed by atoms with E-state index < -0.39 is 6.29 Å². The van der Waals surface area contributed by atoms with Crippen LogP contribution in [0.2, 0.25) is 0 Å². The minimum Gasteiger partial charge on any atom is -0.488 e. The van der Waals surface area contributed by atoms with Crippen molar-refractivity contribution >= 4 is 0 Å². The van der Waals surface area contributed by atoms with Gasteiger partial charge in [0.25, 0.3) is 0 Å². The van der Waals surface area contributed by atoms with Crippen molar-refractivity contribution in [1.29, 1.82) is 0 Å². The standard InChI is InChI=1S/C19H20O4/c20-19-18(22-13-16-9-5-2-6-10-16)11-17(23-19)14-21-12-15-7-3-1-4-8-15/h1-11,17,19-20H,12-14H2/t17-,19?/m0/s1. The van der Waals surface area contributed by atoms with E-state index in [1.807, 2.05) is 60.7 Å². The fourth-order valence-electron chi connectivity index (χ4n) is 2.35. The molecule has 0 aliphatic carbocycles. The van der Waals surface area contributed by atoms with Gasteiger partial charge in [0.05, 0.1) is 13.2 Å². The summed E-state index contributed by atoms with van der Waals surface area (Å²) in [5.74, 6) is 0.446. The third-order valence-electron chi connectivity index (χ3n) is 3.54. The Morgan fingerprint density at radius 2 is 1.48 bits per heavy atom. The Balaban J connectivity index is 1.45. The summed E-state index contributed by atoms with van der Waals surface area (Å²) < 4.78 is 16.7. The molecule has 0 saturated carbocycles. The lowest BCUT2D eigenvalue weighted by Crippen LogP contribution is -2.18. The first kappa shape index (κ1) is 15.7. The lowest BCUT2D eigenvalue weighted by Gasteiger charge is -2.12. The second kappa shape index (κ2) is 7.92. The van der Waals surface area contributed by atoms with Crippen LogP contribution in [0.1, 0.15) is 11.1 Å². The monoisotopic (exact) mass is 312 g/mol. The van der Waals surface area contributed by atoms with E-state index in [9.17, 15) is 5.11 Å². The van der Waals surface area contributed by atoms with Crippen LogP contribution in [0.15, 0.2) is 72.5 Å². The number of rotatable bonds is 7. The summed E-state index contributed by atoms with van der Waals surface area (Å²) in [6.07, 6.45) is 0.460. The zero-order valence-corrected chi connectivity index (χ0v) is 12.8. The topological polar surface area (TPSA) is 47.9 Å². The molecule has 0 amide bonds. The lowest BCUT2D eigenvalue weighted by molar-refractivity contribution is -0.118. The highest BCUT2D eigenvalue weighted by atomic mass is 16.7. The molecule has 2 aromatic carbocycles. The van der Waals surface area contributed by atoms with Crippen molar-refractivity contribution < 1.29 is 19.3 Å². The Hall–Kier alpha value is -2.14. The predicted molar refractivity (Wildman–Crippen MR) is 86.3 cm³/mol. The third-order valence-corrected chi connectivity index (χ3v) is 3.54. The van der Waals surface area contributed by atoms with E-state index in [2.05, 4.69) is 0 Å². The Labute approximate surface area is 135 Å². The number of benzene rings is 2. The average Bonchev–Trinajstić information content (AvgIpc) is 2.95. The van der Waals surface area contributed by atoms with Crippen LogP contribution < -0.4 is 0 Å². The van der Waals surface area contributed by atoms with Crippen LogP contribution in [-0.2, 0) is 27.4 Å². The van der Waals surface area contributed by atoms with Crippen LogP contribution in [0, 0.1) is 0 Å². The molecule has 0 fully saturated rings. The lowest BCUT2D eigenvalue weighted by atomic mass is 10.2. The molecule has 0 bridgehead atoms. The number of aliphatic hydroxyl groups is 1. The number of ether oxygens (including phenoxy) is 3. The SMILES string of the molecule is OC1O[C@H](COCc2ccccc2)C=C1OCc1ccccc1. The largest absolute Gasteiger partial charge is 0.488 e. The second-order valence-electron chi connectivity index (χ2n) is 5.37. The highest BCUT2D eigenvalue weighted by Crippen LogP contribution is 2.21. The van der Waals surface area contributed by atoms with Gasteiger partial charge < -0.3 is 19.3 Å². The molecule has 120 valence electrons. The summed E-state index contributed by atoms with van der Waals surface area (Å²) >= 11 is 0. The van der Waals surface area contributed by atoms with Gasteiger partial charge in [-0.25, -0.2) is 0 Å². The molecule has 0 aromatic heterocycles. The van der Waals surface area contributed by atoms with Gasteiger partial charge >= 0.3 is 0 Å². The zero-order chi connectivity index (χ0) is 15.9. The summed E-state index contributed by atoms with van der Waals surface area (Å²) in [5.41, 5.74) is 2.15. The van der Waals surface area contributed by atoms with Crippen molar-refractivity contribution in [2.45, 2.75) is 25.6 Å². The van der Waals surface area contributed by atoms with Crippen LogP contribution in [0.25, 0.3) is 0 Å². The van der Waals surface area contributed by atoms with E-state index in [1.54, 1.807) is 6.08 Å². The first-order valence-corrected chi connectivity index (χ1v) is 7.65. The van der Waals surface area contributed by atoms with Crippen molar-refractivity contribution in [2.24, 2.45) is 0 Å². The van der Waals surface area contributed by atoms with Crippen LogP contribution in [-0.4, -0.2) is 24.1 Å². The van der Waals surface area contributed by atoms with Gasteiger partial charge in [-0.05, 0) is 17.2 Å². The summed E-state index contributed by atoms with van der Waals surface area (Å²) in [6.45, 7) is 1.31. The molecular weight excluding hydrogens is 292 g/mol. The normalized spacial score (nSPS) is 20.3. The predicted octanol–water partition coefficient (Wildman–Crippen LogP) is 3.02. The molecule has 4 heteroatoms. The molecule has 0 radical (unpaired) electrons. The van der Waals surface area contributed by atoms with Crippen LogP contribution in [0.4, 0.5) is 0 Å². The fourth-order valence-corrected chi connectivity index (χ4v) is 2.35. The maximum atomic E-state index is 9.88. The molecule has 0 spiro atoms. The van der Waals surface area contributed by atoms with E-state index in [0.29, 0.717) is 25.6 Å². The first-order valence-electron chi connectivity index (χ1n) is 7.65. The number of hydrogen-bond acceptors (Lipinski definition) is 4. The molecule has 0 saturated heterocycles. The quantitative estimate of drug-likeness (QED) is 0.854. The Bertz CT molecular complexity index is 624. The van der Waals surface area contributed by atoms with E-state index in [0.717, 1.165) is 11.1 Å². The van der Waals surface area contributed by atoms with Gasteiger partial charge in [-0.1, -0.05) is 60.7 Å². The van der Waals surface area contributed by atoms with Gasteiger partial charge in [-0.3, -0.25) is 0 Å². The van der Waals surface area contributed by atoms with Gasteiger partial charge in [0.15, 0.2) is 5.76 Å². The molecule has 1 unspecified atom stereocenters. The van der Waals surface area contributed by atoms with E-state index in [4.69, 9.17) is 14.2 Å². The van der Waals surface area contributed by atoms with Gasteiger partial charge in [0.1, 0.15) is 12.7 Å². The van der Waals surface area contributed by atoms with Crippen LogP contribution in [0.3, 0.4) is 0 Å². The highest BCUT2D eigenvalue weighted by Gasteiger charge is 2.26. The summed E-state index contributed by atoms with van der Waals surface area (Å²) in [4.78, 5) is 0. The maximum absolute atomic E-state index is 9.88. The van der Waals surface area contributed by atoms with Crippen LogP contribution >= 0.6 is 0 Å². The summed E-state index contributed by atoms with van der Waals surface area (Å²) in [7, 11) is 0. The second-order valence-corrected chi connectivity index (χ2v) is 5.37. The molecule has 1 N–H and O–H groups in total. The minimum atomic E-state index is -1.02. The van der Waals surface area contributed by atoms with E-state index in [-0.39, 0.29) is 6.10 Å². The fraction of sp³-hybridized carbons (Fsp3) is 0.263. The van der Waals surface area contributed by atoms with E-state index in [1.165, 1.54) is 0 Å². The minimum absolute atomic E-state index is 0.292. The van der Waals surface area contributed by atoms with E-state index >= 15 is 0 Å². The average molecular weight is 312 g/mol. The van der Waals surface area contributed by atoms with Crippen molar-refractivity contribution in [3.05, 3.63) is 83.6 Å². The number of hydrogen-bond donors (Lipinski definition) is 1. The van der Waals surface area contributed by atoms with Gasteiger partial charge in [0.2, 0.25) is 6.29 Å². The molecule has 3 rings (SSSR count). The first-order chi connectivity index (χ1) is 11.3. The third kappa shape index (κ3) is 4.66. The molecule has 2 atom stereocenters. The molecule has 4 nitrogen and oxygen atoms in total. The molecule has 1 heterocycles. The highest BCUT2D eigenvalue weighted by molar-refractivity contribution is 5.15. The van der Waals surface area contributed by atoms with Crippen molar-refractivity contribution in [2.75, 3.05) is 6.61 Å². The smallest absolute Gasteiger partial charge is 0.214 e. The summed E-state index contributed by atoms with van der Waals surface area (Å²) in [5, 5.41) is 9.88. The van der Waals surface area contributed by atoms with Crippen molar-refractivity contribution in [3.63, 3.8) is 0 Å². The Morgan fingerprint density at radius 3 is 2.13 bits per heavy atom. The number of aliphatic hydroxyl groups excluding tert-OH is 1. The van der Waals surface area contributed by atoms with Crippen LogP contribution in [0.5, 0.6) is 0 Å². The Kier molecular flexibility index (Phi) is 5.42. The van der Waals surface area contributed by atoms with Gasteiger partial charge in [-0.15, -0.1) is 0 Å². The van der Waals surface area contributed by atoms with Gasteiger partial charge in [-0.2, -0.15) is 0 Å². The van der Waals surface area contributed by atoms with Crippen molar-refractivity contribution in [1.82, 2.24) is 0 Å². The Morgan fingerprint density at radius 1 is 0.870 bits per heavy atom. The molecular formula is C19H20O4. The van der Waals surface area contributed by atoms with Gasteiger partial charge in [0, 0.05) is 0 Å². The summed E-state index contributed by atoms with van der Waals surface area (Å²) in [6, 6.07) is 19.8. The zero-order valence-electron chi connectivity index (χ0n) is 12.8. The van der Waals surface area contributed by atoms with Crippen molar-refractivity contribution in [3.8, 4) is 0 Å². The molecule has 1 aliphatic rings. The molecule has 1 aliphatic heterocycles.